The van der Waals surface area contributed by atoms with E-state index in [0.29, 0.717) is 17.6 Å². The zero-order chi connectivity index (χ0) is 23.7. The quantitative estimate of drug-likeness (QED) is 0.279. The molecule has 0 aliphatic heterocycles. The molecule has 0 N–H and O–H groups in total. The smallest absolute Gasteiger partial charge is 0.0631 e. The molecule has 2 aliphatic carbocycles. The van der Waals surface area contributed by atoms with Crippen molar-refractivity contribution in [3.05, 3.63) is 0 Å². The summed E-state index contributed by atoms with van der Waals surface area (Å²) in [6.45, 7) is 20.9. The average Bonchev–Trinajstić information content (AvgIpc) is 2.79. The van der Waals surface area contributed by atoms with Crippen molar-refractivity contribution >= 4 is 0 Å². The third-order valence-electron chi connectivity index (χ3n) is 9.67. The van der Waals surface area contributed by atoms with Gasteiger partial charge in [-0.1, -0.05) is 73.6 Å². The summed E-state index contributed by atoms with van der Waals surface area (Å²) in [7, 11) is 0. The van der Waals surface area contributed by atoms with Crippen molar-refractivity contribution in [1.82, 2.24) is 0 Å². The average molecular weight is 451 g/mol. The van der Waals surface area contributed by atoms with E-state index < -0.39 is 0 Å². The molecule has 0 heterocycles. The van der Waals surface area contributed by atoms with Gasteiger partial charge in [0.05, 0.1) is 12.2 Å². The van der Waals surface area contributed by atoms with E-state index in [2.05, 4.69) is 55.4 Å². The topological polar surface area (TPSA) is 18.5 Å². The van der Waals surface area contributed by atoms with Crippen molar-refractivity contribution in [1.29, 1.82) is 0 Å². The molecule has 0 bridgehead atoms. The molecule has 2 aliphatic rings. The van der Waals surface area contributed by atoms with Gasteiger partial charge in [-0.25, -0.2) is 0 Å². The summed E-state index contributed by atoms with van der Waals surface area (Å²) in [5.74, 6) is 4.65. The summed E-state index contributed by atoms with van der Waals surface area (Å²) >= 11 is 0. The monoisotopic (exact) mass is 450 g/mol. The highest BCUT2D eigenvalue weighted by Crippen LogP contribution is 2.54. The second-order valence-corrected chi connectivity index (χ2v) is 11.8. The van der Waals surface area contributed by atoms with Crippen LogP contribution in [0.1, 0.15) is 126 Å². The summed E-state index contributed by atoms with van der Waals surface area (Å²) in [6.07, 6.45) is 15.7. The Balaban J connectivity index is 2.23. The van der Waals surface area contributed by atoms with E-state index in [0.717, 1.165) is 48.7 Å². The normalized spacial score (nSPS) is 36.4. The third-order valence-corrected chi connectivity index (χ3v) is 9.67. The third kappa shape index (κ3) is 6.74. The first-order valence-electron chi connectivity index (χ1n) is 14.6. The van der Waals surface area contributed by atoms with E-state index in [1.54, 1.807) is 0 Å². The van der Waals surface area contributed by atoms with E-state index in [4.69, 9.17) is 9.47 Å². The maximum Gasteiger partial charge on any atom is 0.0631 e. The molecule has 2 nitrogen and oxygen atoms in total. The summed E-state index contributed by atoms with van der Waals surface area (Å²) in [5, 5.41) is 0. The lowest BCUT2D eigenvalue weighted by molar-refractivity contribution is -0.111. The molecule has 190 valence electrons. The summed E-state index contributed by atoms with van der Waals surface area (Å²) < 4.78 is 12.8. The van der Waals surface area contributed by atoms with Crippen LogP contribution in [0, 0.1) is 40.9 Å². The highest BCUT2D eigenvalue weighted by Gasteiger charge is 2.49. The van der Waals surface area contributed by atoms with Crippen molar-refractivity contribution < 1.29 is 9.47 Å². The SMILES string of the molecule is CCCCC1CC(C(C)(C)C2CC(CC)C(OCC)C(CCC)C2)CC(CC)C1OCC. The Labute approximate surface area is 202 Å². The number of unbranched alkanes of at least 4 members (excludes halogenated alkanes) is 1. The van der Waals surface area contributed by atoms with Gasteiger partial charge in [-0.15, -0.1) is 0 Å². The molecule has 2 fully saturated rings. The van der Waals surface area contributed by atoms with Crippen molar-refractivity contribution in [2.45, 2.75) is 138 Å². The molecule has 0 aromatic rings. The molecule has 8 atom stereocenters. The van der Waals surface area contributed by atoms with E-state index >= 15 is 0 Å². The van der Waals surface area contributed by atoms with Crippen LogP contribution >= 0.6 is 0 Å². The number of hydrogen-bond donors (Lipinski definition) is 0. The molecule has 0 saturated heterocycles. The van der Waals surface area contributed by atoms with Gasteiger partial charge in [0.25, 0.3) is 0 Å². The Morgan fingerprint density at radius 1 is 0.594 bits per heavy atom. The fraction of sp³-hybridized carbons (Fsp3) is 1.00. The molecule has 0 spiro atoms. The van der Waals surface area contributed by atoms with Gasteiger partial charge in [0.1, 0.15) is 0 Å². The number of ether oxygens (including phenoxy) is 2. The lowest BCUT2D eigenvalue weighted by Gasteiger charge is -2.53. The largest absolute Gasteiger partial charge is 0.378 e. The molecule has 0 amide bonds. The Hall–Kier alpha value is -0.0800. The van der Waals surface area contributed by atoms with Gasteiger partial charge >= 0.3 is 0 Å². The van der Waals surface area contributed by atoms with Gasteiger partial charge in [-0.3, -0.25) is 0 Å². The zero-order valence-electron chi connectivity index (χ0n) is 23.1. The predicted molar refractivity (Wildman–Crippen MR) is 139 cm³/mol. The minimum absolute atomic E-state index is 0.408. The minimum atomic E-state index is 0.408. The second kappa shape index (κ2) is 13.7. The van der Waals surface area contributed by atoms with Crippen LogP contribution in [0.5, 0.6) is 0 Å². The molecular formula is C30H58O2. The summed E-state index contributed by atoms with van der Waals surface area (Å²) in [4.78, 5) is 0. The van der Waals surface area contributed by atoms with E-state index in [1.807, 2.05) is 0 Å². The van der Waals surface area contributed by atoms with E-state index in [1.165, 1.54) is 70.6 Å². The van der Waals surface area contributed by atoms with Crippen LogP contribution in [-0.2, 0) is 9.47 Å². The molecular weight excluding hydrogens is 392 g/mol. The molecule has 0 aromatic carbocycles. The first kappa shape index (κ1) is 28.2. The standard InChI is InChI=1S/C30H58O2/c1-9-15-17-25-21-27(19-23(12-4)29(25)32-14-6)30(7,8)26-18-22(11-3)28(31-13-5)24(20-26)16-10-2/h22-29H,9-21H2,1-8H3. The zero-order valence-corrected chi connectivity index (χ0v) is 23.1. The van der Waals surface area contributed by atoms with Gasteiger partial charge in [-0.05, 0) is 93.3 Å². The van der Waals surface area contributed by atoms with E-state index in [-0.39, 0.29) is 0 Å². The van der Waals surface area contributed by atoms with Gasteiger partial charge in [0.2, 0.25) is 0 Å². The van der Waals surface area contributed by atoms with Gasteiger partial charge in [-0.2, -0.15) is 0 Å². The first-order valence-corrected chi connectivity index (χ1v) is 14.6. The van der Waals surface area contributed by atoms with Crippen LogP contribution in [0.15, 0.2) is 0 Å². The van der Waals surface area contributed by atoms with Crippen molar-refractivity contribution in [3.8, 4) is 0 Å². The Bertz CT molecular complexity index is 501. The van der Waals surface area contributed by atoms with Crippen LogP contribution in [0.2, 0.25) is 0 Å². The maximum absolute atomic E-state index is 6.41. The summed E-state index contributed by atoms with van der Waals surface area (Å²) in [5.41, 5.74) is 0.408. The summed E-state index contributed by atoms with van der Waals surface area (Å²) in [6, 6.07) is 0. The molecule has 0 radical (unpaired) electrons. The minimum Gasteiger partial charge on any atom is -0.378 e. The fourth-order valence-corrected chi connectivity index (χ4v) is 7.64. The first-order chi connectivity index (χ1) is 15.4. The Morgan fingerprint density at radius 3 is 1.41 bits per heavy atom. The van der Waals surface area contributed by atoms with Gasteiger partial charge in [0.15, 0.2) is 0 Å². The number of hydrogen-bond acceptors (Lipinski definition) is 2. The lowest BCUT2D eigenvalue weighted by Crippen LogP contribution is -2.48. The molecule has 2 saturated carbocycles. The van der Waals surface area contributed by atoms with Crippen LogP contribution in [-0.4, -0.2) is 25.4 Å². The van der Waals surface area contributed by atoms with E-state index in [9.17, 15) is 0 Å². The highest BCUT2D eigenvalue weighted by atomic mass is 16.5. The lowest BCUT2D eigenvalue weighted by atomic mass is 9.54. The predicted octanol–water partition coefficient (Wildman–Crippen LogP) is 8.92. The molecule has 2 heteroatoms. The van der Waals surface area contributed by atoms with Crippen molar-refractivity contribution in [3.63, 3.8) is 0 Å². The Morgan fingerprint density at radius 2 is 1.03 bits per heavy atom. The fourth-order valence-electron chi connectivity index (χ4n) is 7.64. The van der Waals surface area contributed by atoms with Crippen LogP contribution in [0.3, 0.4) is 0 Å². The van der Waals surface area contributed by atoms with Crippen molar-refractivity contribution in [2.24, 2.45) is 40.9 Å². The van der Waals surface area contributed by atoms with Crippen LogP contribution < -0.4 is 0 Å². The van der Waals surface area contributed by atoms with Crippen molar-refractivity contribution in [2.75, 3.05) is 13.2 Å². The van der Waals surface area contributed by atoms with Crippen LogP contribution in [0.4, 0.5) is 0 Å². The molecule has 8 unspecified atom stereocenters. The molecule has 2 rings (SSSR count). The molecule has 0 aromatic heterocycles. The van der Waals surface area contributed by atoms with Gasteiger partial charge in [0, 0.05) is 13.2 Å². The second-order valence-electron chi connectivity index (χ2n) is 11.8. The van der Waals surface area contributed by atoms with Crippen LogP contribution in [0.25, 0.3) is 0 Å². The molecule has 32 heavy (non-hydrogen) atoms. The highest BCUT2D eigenvalue weighted by molar-refractivity contribution is 4.98. The Kier molecular flexibility index (Phi) is 12.1. The maximum atomic E-state index is 6.41. The van der Waals surface area contributed by atoms with Gasteiger partial charge < -0.3 is 9.47 Å². The number of rotatable bonds is 13.